The maximum absolute atomic E-state index is 12.6. The van der Waals surface area contributed by atoms with E-state index in [0.29, 0.717) is 13.0 Å². The molecule has 1 atom stereocenters. The van der Waals surface area contributed by atoms with Crippen molar-refractivity contribution in [3.05, 3.63) is 30.1 Å². The van der Waals surface area contributed by atoms with Gasteiger partial charge in [0.05, 0.1) is 12.2 Å². The molecule has 1 N–H and O–H groups in total. The van der Waals surface area contributed by atoms with E-state index in [1.165, 1.54) is 0 Å². The molecular weight excluding hydrogens is 254 g/mol. The van der Waals surface area contributed by atoms with E-state index in [2.05, 4.69) is 10.3 Å². The molecule has 2 rings (SSSR count). The van der Waals surface area contributed by atoms with Gasteiger partial charge >= 0.3 is 0 Å². The van der Waals surface area contributed by atoms with Crippen molar-refractivity contribution in [2.24, 2.45) is 0 Å². The molecule has 0 aliphatic carbocycles. The lowest BCUT2D eigenvalue weighted by molar-refractivity contribution is -0.156. The van der Waals surface area contributed by atoms with Crippen LogP contribution < -0.4 is 5.32 Å². The van der Waals surface area contributed by atoms with Gasteiger partial charge in [-0.05, 0) is 32.4 Å². The average molecular weight is 275 g/mol. The normalized spacial score (nSPS) is 21.8. The SMILES string of the molecule is CCCC1NC(=O)C(C)(C)N(Cc2ccccn2)C1=O. The van der Waals surface area contributed by atoms with E-state index in [0.717, 1.165) is 12.1 Å². The van der Waals surface area contributed by atoms with E-state index in [1.54, 1.807) is 24.9 Å². The molecule has 0 radical (unpaired) electrons. The highest BCUT2D eigenvalue weighted by atomic mass is 16.2. The predicted molar refractivity (Wildman–Crippen MR) is 75.7 cm³/mol. The van der Waals surface area contributed by atoms with Gasteiger partial charge in [-0.25, -0.2) is 0 Å². The quantitative estimate of drug-likeness (QED) is 0.905. The Labute approximate surface area is 119 Å². The number of aromatic nitrogens is 1. The zero-order valence-electron chi connectivity index (χ0n) is 12.2. The van der Waals surface area contributed by atoms with Gasteiger partial charge in [0, 0.05) is 6.20 Å². The van der Waals surface area contributed by atoms with Gasteiger partial charge in [0.15, 0.2) is 0 Å². The molecule has 1 aromatic rings. The zero-order chi connectivity index (χ0) is 14.8. The van der Waals surface area contributed by atoms with Gasteiger partial charge in [0.25, 0.3) is 0 Å². The molecule has 1 saturated heterocycles. The van der Waals surface area contributed by atoms with Crippen molar-refractivity contribution >= 4 is 11.8 Å². The van der Waals surface area contributed by atoms with Crippen molar-refractivity contribution in [2.45, 2.75) is 51.7 Å². The van der Waals surface area contributed by atoms with E-state index in [9.17, 15) is 9.59 Å². The Morgan fingerprint density at radius 2 is 2.10 bits per heavy atom. The molecule has 5 heteroatoms. The molecule has 1 aromatic heterocycles. The van der Waals surface area contributed by atoms with Gasteiger partial charge in [-0.1, -0.05) is 19.4 Å². The van der Waals surface area contributed by atoms with Gasteiger partial charge in [-0.2, -0.15) is 0 Å². The standard InChI is InChI=1S/C15H21N3O2/c1-4-7-12-13(19)18(15(2,3)14(20)17-12)10-11-8-5-6-9-16-11/h5-6,8-9,12H,4,7,10H2,1-3H3,(H,17,20). The number of hydrogen-bond donors (Lipinski definition) is 1. The van der Waals surface area contributed by atoms with Gasteiger partial charge < -0.3 is 10.2 Å². The van der Waals surface area contributed by atoms with E-state index in [-0.39, 0.29) is 11.8 Å². The minimum absolute atomic E-state index is 0.0258. The molecule has 0 saturated carbocycles. The van der Waals surface area contributed by atoms with Crippen molar-refractivity contribution in [1.82, 2.24) is 15.2 Å². The first kappa shape index (κ1) is 14.5. The molecule has 5 nitrogen and oxygen atoms in total. The maximum atomic E-state index is 12.6. The molecular formula is C15H21N3O2. The second kappa shape index (κ2) is 5.61. The number of amides is 2. The van der Waals surface area contributed by atoms with Crippen LogP contribution in [0.5, 0.6) is 0 Å². The number of piperazine rings is 1. The molecule has 1 aliphatic rings. The summed E-state index contributed by atoms with van der Waals surface area (Å²) in [6.07, 6.45) is 3.22. The first-order chi connectivity index (χ1) is 9.46. The smallest absolute Gasteiger partial charge is 0.246 e. The van der Waals surface area contributed by atoms with Crippen LogP contribution in [-0.4, -0.2) is 33.3 Å². The highest BCUT2D eigenvalue weighted by Gasteiger charge is 2.45. The molecule has 1 unspecified atom stereocenters. The lowest BCUT2D eigenvalue weighted by Gasteiger charge is -2.44. The third-order valence-corrected chi connectivity index (χ3v) is 3.72. The fourth-order valence-corrected chi connectivity index (χ4v) is 2.40. The third kappa shape index (κ3) is 2.66. The first-order valence-electron chi connectivity index (χ1n) is 6.99. The van der Waals surface area contributed by atoms with Crippen molar-refractivity contribution in [2.75, 3.05) is 0 Å². The number of carbonyl (C=O) groups excluding carboxylic acids is 2. The maximum Gasteiger partial charge on any atom is 0.246 e. The summed E-state index contributed by atoms with van der Waals surface area (Å²) >= 11 is 0. The summed E-state index contributed by atoms with van der Waals surface area (Å²) < 4.78 is 0. The summed E-state index contributed by atoms with van der Waals surface area (Å²) in [5.74, 6) is -0.131. The van der Waals surface area contributed by atoms with E-state index in [4.69, 9.17) is 0 Å². The Morgan fingerprint density at radius 3 is 2.70 bits per heavy atom. The number of rotatable bonds is 4. The average Bonchev–Trinajstić information content (AvgIpc) is 2.43. The summed E-state index contributed by atoms with van der Waals surface area (Å²) in [4.78, 5) is 30.7. The summed E-state index contributed by atoms with van der Waals surface area (Å²) in [7, 11) is 0. The molecule has 20 heavy (non-hydrogen) atoms. The molecule has 1 fully saturated rings. The Balaban J connectivity index is 2.25. The summed E-state index contributed by atoms with van der Waals surface area (Å²) in [6, 6.07) is 5.17. The summed E-state index contributed by atoms with van der Waals surface area (Å²) in [5.41, 5.74) is -0.0577. The fraction of sp³-hybridized carbons (Fsp3) is 0.533. The lowest BCUT2D eigenvalue weighted by Crippen LogP contribution is -2.67. The zero-order valence-corrected chi connectivity index (χ0v) is 12.2. The predicted octanol–water partition coefficient (Wildman–Crippen LogP) is 1.49. The van der Waals surface area contributed by atoms with Crippen molar-refractivity contribution in [3.8, 4) is 0 Å². The van der Waals surface area contributed by atoms with Crippen LogP contribution in [0.1, 0.15) is 39.3 Å². The highest BCUT2D eigenvalue weighted by molar-refractivity contribution is 5.99. The van der Waals surface area contributed by atoms with Crippen molar-refractivity contribution in [1.29, 1.82) is 0 Å². The number of hydrogen-bond acceptors (Lipinski definition) is 3. The van der Waals surface area contributed by atoms with E-state index < -0.39 is 11.6 Å². The Morgan fingerprint density at radius 1 is 1.35 bits per heavy atom. The first-order valence-corrected chi connectivity index (χ1v) is 6.99. The van der Waals surface area contributed by atoms with Crippen molar-refractivity contribution in [3.63, 3.8) is 0 Å². The Kier molecular flexibility index (Phi) is 4.06. The third-order valence-electron chi connectivity index (χ3n) is 3.72. The second-order valence-electron chi connectivity index (χ2n) is 5.62. The van der Waals surface area contributed by atoms with Crippen LogP contribution >= 0.6 is 0 Å². The largest absolute Gasteiger partial charge is 0.342 e. The molecule has 108 valence electrons. The van der Waals surface area contributed by atoms with Crippen molar-refractivity contribution < 1.29 is 9.59 Å². The molecule has 2 heterocycles. The summed E-state index contributed by atoms with van der Waals surface area (Å²) in [5, 5.41) is 2.82. The van der Waals surface area contributed by atoms with Crippen LogP contribution in [0.4, 0.5) is 0 Å². The van der Waals surface area contributed by atoms with Crippen LogP contribution in [0.3, 0.4) is 0 Å². The monoisotopic (exact) mass is 275 g/mol. The summed E-state index contributed by atoms with van der Waals surface area (Å²) in [6.45, 7) is 5.90. The van der Waals surface area contributed by atoms with Crippen LogP contribution in [0, 0.1) is 0 Å². The number of pyridine rings is 1. The fourth-order valence-electron chi connectivity index (χ4n) is 2.40. The number of nitrogens with one attached hydrogen (secondary N) is 1. The molecule has 1 aliphatic heterocycles. The van der Waals surface area contributed by atoms with E-state index >= 15 is 0 Å². The molecule has 2 amide bonds. The molecule has 0 aromatic carbocycles. The second-order valence-corrected chi connectivity index (χ2v) is 5.62. The Bertz CT molecular complexity index is 499. The van der Waals surface area contributed by atoms with Crippen LogP contribution in [-0.2, 0) is 16.1 Å². The van der Waals surface area contributed by atoms with Gasteiger partial charge in [-0.3, -0.25) is 14.6 Å². The molecule has 0 bridgehead atoms. The Hall–Kier alpha value is -1.91. The highest BCUT2D eigenvalue weighted by Crippen LogP contribution is 2.24. The van der Waals surface area contributed by atoms with Crippen LogP contribution in [0.2, 0.25) is 0 Å². The minimum Gasteiger partial charge on any atom is -0.342 e. The topological polar surface area (TPSA) is 62.3 Å². The van der Waals surface area contributed by atoms with Gasteiger partial charge in [0.1, 0.15) is 11.6 Å². The van der Waals surface area contributed by atoms with Gasteiger partial charge in [0.2, 0.25) is 11.8 Å². The van der Waals surface area contributed by atoms with Crippen LogP contribution in [0.25, 0.3) is 0 Å². The van der Waals surface area contributed by atoms with Gasteiger partial charge in [-0.15, -0.1) is 0 Å². The number of nitrogens with zero attached hydrogens (tertiary/aromatic N) is 2. The lowest BCUT2D eigenvalue weighted by atomic mass is 9.94. The minimum atomic E-state index is -0.848. The molecule has 0 spiro atoms. The number of carbonyl (C=O) groups is 2. The van der Waals surface area contributed by atoms with Crippen LogP contribution in [0.15, 0.2) is 24.4 Å². The van der Waals surface area contributed by atoms with E-state index in [1.807, 2.05) is 25.1 Å².